The maximum absolute atomic E-state index is 12.6. The molecule has 0 aromatic carbocycles. The SMILES string of the molecule is Cc1cnccc1NCCNS(=O)(=O)C[C@]12CC[C@H](CC1=O)C2(C)C. The van der Waals surface area contributed by atoms with Crippen molar-refractivity contribution < 1.29 is 13.2 Å². The van der Waals surface area contributed by atoms with E-state index < -0.39 is 15.4 Å². The first kappa shape index (κ1) is 18.3. The molecule has 0 spiro atoms. The van der Waals surface area contributed by atoms with Gasteiger partial charge in [-0.1, -0.05) is 13.8 Å². The number of aryl methyl sites for hydroxylation is 1. The lowest BCUT2D eigenvalue weighted by Crippen LogP contribution is -2.45. The predicted molar refractivity (Wildman–Crippen MR) is 97.8 cm³/mol. The van der Waals surface area contributed by atoms with Crippen LogP contribution in [0.1, 0.15) is 38.7 Å². The largest absolute Gasteiger partial charge is 0.383 e. The minimum Gasteiger partial charge on any atom is -0.383 e. The zero-order valence-electron chi connectivity index (χ0n) is 15.1. The van der Waals surface area contributed by atoms with Crippen molar-refractivity contribution in [3.8, 4) is 0 Å². The molecule has 2 aliphatic rings. The molecular weight excluding hydrogens is 338 g/mol. The van der Waals surface area contributed by atoms with Gasteiger partial charge >= 0.3 is 0 Å². The van der Waals surface area contributed by atoms with Gasteiger partial charge in [0.25, 0.3) is 0 Å². The van der Waals surface area contributed by atoms with E-state index in [1.54, 1.807) is 12.4 Å². The minimum absolute atomic E-state index is 0.0867. The fourth-order valence-corrected chi connectivity index (χ4v) is 6.40. The number of pyridine rings is 1. The molecule has 0 aliphatic heterocycles. The number of nitrogens with one attached hydrogen (secondary N) is 2. The lowest BCUT2D eigenvalue weighted by atomic mass is 9.70. The third kappa shape index (κ3) is 3.19. The molecule has 1 aromatic rings. The van der Waals surface area contributed by atoms with Crippen LogP contribution in [0.5, 0.6) is 0 Å². The molecule has 2 N–H and O–H groups in total. The number of aromatic nitrogens is 1. The van der Waals surface area contributed by atoms with Gasteiger partial charge in [0.05, 0.1) is 5.75 Å². The zero-order valence-corrected chi connectivity index (χ0v) is 15.9. The van der Waals surface area contributed by atoms with Crippen molar-refractivity contribution in [3.63, 3.8) is 0 Å². The standard InChI is InChI=1S/C18H27N3O3S/c1-13-11-19-7-5-15(13)20-8-9-21-25(23,24)12-18-6-4-14(10-16(18)22)17(18,2)3/h5,7,11,14,21H,4,6,8-10,12H2,1-3H3,(H,19,20)/t14-,18-/m1/s1. The van der Waals surface area contributed by atoms with Gasteiger partial charge in [0, 0.05) is 43.0 Å². The van der Waals surface area contributed by atoms with Gasteiger partial charge in [-0.25, -0.2) is 13.1 Å². The first-order chi connectivity index (χ1) is 11.7. The Balaban J connectivity index is 1.58. The molecule has 0 amide bonds. The Morgan fingerprint density at radius 1 is 1.32 bits per heavy atom. The van der Waals surface area contributed by atoms with E-state index in [0.717, 1.165) is 17.7 Å². The van der Waals surface area contributed by atoms with Crippen molar-refractivity contribution in [3.05, 3.63) is 24.0 Å². The molecule has 25 heavy (non-hydrogen) atoms. The van der Waals surface area contributed by atoms with Gasteiger partial charge in [0.2, 0.25) is 10.0 Å². The summed E-state index contributed by atoms with van der Waals surface area (Å²) in [5.41, 5.74) is 1.02. The first-order valence-corrected chi connectivity index (χ1v) is 10.5. The Hall–Kier alpha value is -1.47. The van der Waals surface area contributed by atoms with Crippen molar-refractivity contribution in [1.82, 2.24) is 9.71 Å². The molecule has 0 unspecified atom stereocenters. The van der Waals surface area contributed by atoms with E-state index >= 15 is 0 Å². The second kappa shape index (κ2) is 6.36. The van der Waals surface area contributed by atoms with E-state index in [0.29, 0.717) is 25.3 Å². The molecule has 7 heteroatoms. The summed E-state index contributed by atoms with van der Waals surface area (Å²) in [7, 11) is -3.50. The van der Waals surface area contributed by atoms with Crippen LogP contribution in [0.2, 0.25) is 0 Å². The number of hydrogen-bond donors (Lipinski definition) is 2. The monoisotopic (exact) mass is 365 g/mol. The molecule has 1 aromatic heterocycles. The Morgan fingerprint density at radius 3 is 2.68 bits per heavy atom. The number of carbonyl (C=O) groups excluding carboxylic acids is 1. The molecule has 6 nitrogen and oxygen atoms in total. The van der Waals surface area contributed by atoms with Gasteiger partial charge < -0.3 is 5.32 Å². The summed E-state index contributed by atoms with van der Waals surface area (Å²) in [6, 6.07) is 1.86. The smallest absolute Gasteiger partial charge is 0.212 e. The summed E-state index contributed by atoms with van der Waals surface area (Å²) in [4.78, 5) is 16.5. The molecule has 138 valence electrons. The average molecular weight is 365 g/mol. The van der Waals surface area contributed by atoms with E-state index in [-0.39, 0.29) is 23.5 Å². The van der Waals surface area contributed by atoms with E-state index in [4.69, 9.17) is 0 Å². The maximum atomic E-state index is 12.6. The van der Waals surface area contributed by atoms with Crippen LogP contribution in [0.3, 0.4) is 0 Å². The van der Waals surface area contributed by atoms with Crippen LogP contribution in [0.15, 0.2) is 18.5 Å². The van der Waals surface area contributed by atoms with Crippen molar-refractivity contribution in [2.45, 2.75) is 40.0 Å². The van der Waals surface area contributed by atoms with Gasteiger partial charge in [-0.3, -0.25) is 9.78 Å². The highest BCUT2D eigenvalue weighted by Crippen LogP contribution is 2.64. The third-order valence-corrected chi connectivity index (χ3v) is 7.88. The van der Waals surface area contributed by atoms with Crippen LogP contribution in [0.4, 0.5) is 5.69 Å². The van der Waals surface area contributed by atoms with Crippen LogP contribution >= 0.6 is 0 Å². The number of anilines is 1. The summed E-state index contributed by atoms with van der Waals surface area (Å²) < 4.78 is 27.8. The number of hydrogen-bond acceptors (Lipinski definition) is 5. The fraction of sp³-hybridized carbons (Fsp3) is 0.667. The Bertz CT molecular complexity index is 776. The van der Waals surface area contributed by atoms with E-state index in [1.807, 2.05) is 13.0 Å². The zero-order chi connectivity index (χ0) is 18.3. The highest BCUT2D eigenvalue weighted by molar-refractivity contribution is 7.89. The normalized spacial score (nSPS) is 27.6. The molecule has 2 aliphatic carbocycles. The summed E-state index contributed by atoms with van der Waals surface area (Å²) in [6.07, 6.45) is 5.64. The number of fused-ring (bicyclic) bond motifs is 2. The molecule has 1 heterocycles. The van der Waals surface area contributed by atoms with Crippen molar-refractivity contribution >= 4 is 21.5 Å². The molecule has 3 rings (SSSR count). The molecule has 2 atom stereocenters. The highest BCUT2D eigenvalue weighted by Gasteiger charge is 2.65. The van der Waals surface area contributed by atoms with Crippen LogP contribution in [-0.4, -0.2) is 38.0 Å². The Morgan fingerprint density at radius 2 is 2.08 bits per heavy atom. The van der Waals surface area contributed by atoms with Gasteiger partial charge in [-0.15, -0.1) is 0 Å². The minimum atomic E-state index is -3.50. The van der Waals surface area contributed by atoms with E-state index in [9.17, 15) is 13.2 Å². The van der Waals surface area contributed by atoms with Crippen LogP contribution in [0, 0.1) is 23.7 Å². The van der Waals surface area contributed by atoms with Crippen LogP contribution in [-0.2, 0) is 14.8 Å². The summed E-state index contributed by atoms with van der Waals surface area (Å²) >= 11 is 0. The van der Waals surface area contributed by atoms with Gasteiger partial charge in [-0.05, 0) is 42.7 Å². The lowest BCUT2D eigenvalue weighted by molar-refractivity contribution is -0.128. The topological polar surface area (TPSA) is 88.2 Å². The first-order valence-electron chi connectivity index (χ1n) is 8.83. The number of sulfonamides is 1. The molecule has 0 saturated heterocycles. The quantitative estimate of drug-likeness (QED) is 0.723. The molecule has 2 bridgehead atoms. The highest BCUT2D eigenvalue weighted by atomic mass is 32.2. The van der Waals surface area contributed by atoms with Crippen molar-refractivity contribution in [1.29, 1.82) is 0 Å². The number of Topliss-reactive ketones (excluding diaryl/α,β-unsaturated/α-hetero) is 1. The van der Waals surface area contributed by atoms with Gasteiger partial charge in [0.15, 0.2) is 0 Å². The Labute approximate surface area is 149 Å². The number of rotatable bonds is 7. The van der Waals surface area contributed by atoms with Crippen molar-refractivity contribution in [2.24, 2.45) is 16.7 Å². The summed E-state index contributed by atoms with van der Waals surface area (Å²) in [5, 5.41) is 3.20. The lowest BCUT2D eigenvalue weighted by Gasteiger charge is -2.36. The van der Waals surface area contributed by atoms with Crippen LogP contribution < -0.4 is 10.0 Å². The maximum Gasteiger partial charge on any atom is 0.212 e. The number of ketones is 1. The van der Waals surface area contributed by atoms with Gasteiger partial charge in [0.1, 0.15) is 5.78 Å². The fourth-order valence-electron chi connectivity index (χ4n) is 4.56. The number of nitrogens with zero attached hydrogens (tertiary/aromatic N) is 1. The number of carbonyl (C=O) groups is 1. The summed E-state index contributed by atoms with van der Waals surface area (Å²) in [6.45, 7) is 6.83. The second-order valence-electron chi connectivity index (χ2n) is 7.94. The van der Waals surface area contributed by atoms with E-state index in [1.165, 1.54) is 0 Å². The molecule has 2 saturated carbocycles. The van der Waals surface area contributed by atoms with Crippen molar-refractivity contribution in [2.75, 3.05) is 24.2 Å². The molecule has 2 fully saturated rings. The van der Waals surface area contributed by atoms with Gasteiger partial charge in [-0.2, -0.15) is 0 Å². The third-order valence-electron chi connectivity index (χ3n) is 6.36. The average Bonchev–Trinajstić information content (AvgIpc) is 2.87. The van der Waals surface area contributed by atoms with Crippen LogP contribution in [0.25, 0.3) is 0 Å². The second-order valence-corrected chi connectivity index (χ2v) is 9.74. The Kier molecular flexibility index (Phi) is 4.66. The summed E-state index contributed by atoms with van der Waals surface area (Å²) in [5.74, 6) is 0.368. The molecular formula is C18H27N3O3S. The van der Waals surface area contributed by atoms with E-state index in [2.05, 4.69) is 28.9 Å². The predicted octanol–water partition coefficient (Wildman–Crippen LogP) is 2.12. The molecule has 0 radical (unpaired) electrons.